The highest BCUT2D eigenvalue weighted by Crippen LogP contribution is 2.24. The molecule has 5 heteroatoms. The molecule has 19 heavy (non-hydrogen) atoms. The topological polar surface area (TPSA) is 29.5 Å². The van der Waals surface area contributed by atoms with Gasteiger partial charge in [-0.15, -0.1) is 0 Å². The largest absolute Gasteiger partial charge is 0.485 e. The third-order valence-corrected chi connectivity index (χ3v) is 2.88. The van der Waals surface area contributed by atoms with E-state index < -0.39 is 11.6 Å². The van der Waals surface area contributed by atoms with Crippen molar-refractivity contribution in [1.29, 1.82) is 0 Å². The Balaban J connectivity index is 2.16. The zero-order valence-corrected chi connectivity index (χ0v) is 10.6. The van der Waals surface area contributed by atoms with Gasteiger partial charge in [0, 0.05) is 5.56 Å². The molecule has 2 aromatic rings. The first-order valence-corrected chi connectivity index (χ1v) is 5.94. The Kier molecular flexibility index (Phi) is 4.35. The number of rotatable bonds is 4. The minimum Gasteiger partial charge on any atom is -0.485 e. The summed E-state index contributed by atoms with van der Waals surface area (Å²) in [6, 6.07) is 8.43. The maximum atomic E-state index is 13.6. The van der Waals surface area contributed by atoms with Crippen LogP contribution in [0.2, 0.25) is 5.02 Å². The minimum atomic E-state index is -0.556. The smallest absolute Gasteiger partial charge is 0.165 e. The van der Waals surface area contributed by atoms with E-state index in [0.717, 1.165) is 0 Å². The summed E-state index contributed by atoms with van der Waals surface area (Å²) in [4.78, 5) is 0. The number of aliphatic hydroxyl groups is 1. The van der Waals surface area contributed by atoms with Gasteiger partial charge in [0.15, 0.2) is 11.6 Å². The van der Waals surface area contributed by atoms with Gasteiger partial charge in [0.2, 0.25) is 0 Å². The van der Waals surface area contributed by atoms with E-state index in [0.29, 0.717) is 11.1 Å². The second kappa shape index (κ2) is 5.99. The third-order valence-electron chi connectivity index (χ3n) is 2.59. The molecule has 0 spiro atoms. The molecule has 0 fully saturated rings. The molecule has 100 valence electrons. The molecule has 2 rings (SSSR count). The molecule has 0 atom stereocenters. The van der Waals surface area contributed by atoms with Gasteiger partial charge in [0.05, 0.1) is 11.6 Å². The highest BCUT2D eigenvalue weighted by atomic mass is 35.5. The van der Waals surface area contributed by atoms with Crippen LogP contribution < -0.4 is 4.74 Å². The number of ether oxygens (including phenoxy) is 1. The van der Waals surface area contributed by atoms with E-state index in [9.17, 15) is 8.78 Å². The predicted octanol–water partition coefficient (Wildman–Crippen LogP) is 3.69. The van der Waals surface area contributed by atoms with Gasteiger partial charge in [-0.3, -0.25) is 0 Å². The fraction of sp³-hybridized carbons (Fsp3) is 0.143. The monoisotopic (exact) mass is 284 g/mol. The Bertz CT molecular complexity index is 588. The molecule has 0 saturated heterocycles. The first-order chi connectivity index (χ1) is 9.11. The summed E-state index contributed by atoms with van der Waals surface area (Å²) in [5.41, 5.74) is 0.965. The van der Waals surface area contributed by atoms with Crippen molar-refractivity contribution < 1.29 is 18.6 Å². The third kappa shape index (κ3) is 3.22. The number of hydrogen-bond acceptors (Lipinski definition) is 2. The van der Waals surface area contributed by atoms with Gasteiger partial charge in [-0.1, -0.05) is 29.8 Å². The summed E-state index contributed by atoms with van der Waals surface area (Å²) in [5.74, 6) is -1.09. The van der Waals surface area contributed by atoms with E-state index in [2.05, 4.69) is 0 Å². The van der Waals surface area contributed by atoms with Crippen LogP contribution in [0.15, 0.2) is 36.4 Å². The second-order valence-corrected chi connectivity index (χ2v) is 4.33. The van der Waals surface area contributed by atoms with E-state index in [1.54, 1.807) is 6.07 Å². The Morgan fingerprint density at radius 1 is 1.11 bits per heavy atom. The molecule has 0 amide bonds. The number of benzene rings is 2. The fourth-order valence-electron chi connectivity index (χ4n) is 1.62. The normalized spacial score (nSPS) is 10.5. The molecule has 0 heterocycles. The Labute approximate surface area is 114 Å². The van der Waals surface area contributed by atoms with Gasteiger partial charge < -0.3 is 9.84 Å². The molecular weight excluding hydrogens is 274 g/mol. The maximum Gasteiger partial charge on any atom is 0.165 e. The summed E-state index contributed by atoms with van der Waals surface area (Å²) >= 11 is 5.64. The van der Waals surface area contributed by atoms with E-state index in [1.807, 2.05) is 0 Å². The van der Waals surface area contributed by atoms with Crippen molar-refractivity contribution >= 4 is 11.6 Å². The maximum absolute atomic E-state index is 13.6. The lowest BCUT2D eigenvalue weighted by atomic mass is 10.2. The lowest BCUT2D eigenvalue weighted by Crippen LogP contribution is -2.01. The van der Waals surface area contributed by atoms with E-state index in [1.165, 1.54) is 30.3 Å². The SMILES string of the molecule is OCc1cccc(F)c1OCc1ccc(F)c(Cl)c1. The molecule has 0 radical (unpaired) electrons. The van der Waals surface area contributed by atoms with Gasteiger partial charge >= 0.3 is 0 Å². The number of aliphatic hydroxyl groups excluding tert-OH is 1. The highest BCUT2D eigenvalue weighted by Gasteiger charge is 2.10. The molecular formula is C14H11ClF2O2. The van der Waals surface area contributed by atoms with Crippen molar-refractivity contribution in [3.63, 3.8) is 0 Å². The number of hydrogen-bond donors (Lipinski definition) is 1. The average molecular weight is 285 g/mol. The van der Waals surface area contributed by atoms with Gasteiger partial charge in [-0.2, -0.15) is 0 Å². The van der Waals surface area contributed by atoms with E-state index in [4.69, 9.17) is 21.4 Å². The average Bonchev–Trinajstić information content (AvgIpc) is 2.41. The summed E-state index contributed by atoms with van der Waals surface area (Å²) in [5, 5.41) is 9.09. The first kappa shape index (κ1) is 13.8. The van der Waals surface area contributed by atoms with Gasteiger partial charge in [0.1, 0.15) is 12.4 Å². The quantitative estimate of drug-likeness (QED) is 0.928. The zero-order valence-electron chi connectivity index (χ0n) is 9.87. The first-order valence-electron chi connectivity index (χ1n) is 5.57. The molecule has 2 aromatic carbocycles. The number of para-hydroxylation sites is 1. The molecule has 1 N–H and O–H groups in total. The van der Waals surface area contributed by atoms with Crippen molar-refractivity contribution in [2.45, 2.75) is 13.2 Å². The van der Waals surface area contributed by atoms with E-state index >= 15 is 0 Å². The summed E-state index contributed by atoms with van der Waals surface area (Å²) in [6.07, 6.45) is 0. The van der Waals surface area contributed by atoms with Gasteiger partial charge in [-0.05, 0) is 23.8 Å². The Hall–Kier alpha value is -1.65. The van der Waals surface area contributed by atoms with Crippen LogP contribution in [0.1, 0.15) is 11.1 Å². The molecule has 0 bridgehead atoms. The van der Waals surface area contributed by atoms with Crippen molar-refractivity contribution in [3.8, 4) is 5.75 Å². The summed E-state index contributed by atoms with van der Waals surface area (Å²) in [6.45, 7) is -0.287. The lowest BCUT2D eigenvalue weighted by molar-refractivity contribution is 0.251. The highest BCUT2D eigenvalue weighted by molar-refractivity contribution is 6.30. The summed E-state index contributed by atoms with van der Waals surface area (Å²) < 4.78 is 31.9. The van der Waals surface area contributed by atoms with Crippen LogP contribution in [-0.4, -0.2) is 5.11 Å². The summed E-state index contributed by atoms with van der Waals surface area (Å²) in [7, 11) is 0. The van der Waals surface area contributed by atoms with Crippen molar-refractivity contribution in [2.75, 3.05) is 0 Å². The van der Waals surface area contributed by atoms with Crippen molar-refractivity contribution in [3.05, 3.63) is 64.2 Å². The van der Waals surface area contributed by atoms with Gasteiger partial charge in [-0.25, -0.2) is 8.78 Å². The molecule has 0 aliphatic rings. The van der Waals surface area contributed by atoms with Gasteiger partial charge in [0.25, 0.3) is 0 Å². The van der Waals surface area contributed by atoms with E-state index in [-0.39, 0.29) is 24.0 Å². The molecule has 0 unspecified atom stereocenters. The van der Waals surface area contributed by atoms with Crippen LogP contribution in [0.4, 0.5) is 8.78 Å². The van der Waals surface area contributed by atoms with Crippen LogP contribution >= 0.6 is 11.6 Å². The standard InChI is InChI=1S/C14H11ClF2O2/c15-11-6-9(4-5-12(11)16)8-19-14-10(7-18)2-1-3-13(14)17/h1-6,18H,7-8H2. The van der Waals surface area contributed by atoms with Crippen LogP contribution in [0.25, 0.3) is 0 Å². The van der Waals surface area contributed by atoms with Crippen molar-refractivity contribution in [2.24, 2.45) is 0 Å². The van der Waals surface area contributed by atoms with Crippen LogP contribution in [0.5, 0.6) is 5.75 Å². The fourth-order valence-corrected chi connectivity index (χ4v) is 1.83. The van der Waals surface area contributed by atoms with Crippen molar-refractivity contribution in [1.82, 2.24) is 0 Å². The molecule has 0 saturated carbocycles. The lowest BCUT2D eigenvalue weighted by Gasteiger charge is -2.11. The molecule has 0 aliphatic heterocycles. The second-order valence-electron chi connectivity index (χ2n) is 3.92. The molecule has 2 nitrogen and oxygen atoms in total. The Morgan fingerprint density at radius 3 is 2.58 bits per heavy atom. The molecule has 0 aliphatic carbocycles. The minimum absolute atomic E-state index is 0.00884. The number of halogens is 3. The molecule has 0 aromatic heterocycles. The zero-order chi connectivity index (χ0) is 13.8. The Morgan fingerprint density at radius 2 is 1.89 bits per heavy atom. The van der Waals surface area contributed by atoms with Crippen LogP contribution in [-0.2, 0) is 13.2 Å². The van der Waals surface area contributed by atoms with Crippen LogP contribution in [0, 0.1) is 11.6 Å². The van der Waals surface area contributed by atoms with Crippen LogP contribution in [0.3, 0.4) is 0 Å². The predicted molar refractivity (Wildman–Crippen MR) is 68.1 cm³/mol.